The van der Waals surface area contributed by atoms with Gasteiger partial charge in [-0.1, -0.05) is 0 Å². The fourth-order valence-electron chi connectivity index (χ4n) is 2.78. The second-order valence-corrected chi connectivity index (χ2v) is 7.12. The van der Waals surface area contributed by atoms with Crippen LogP contribution >= 0.6 is 0 Å². The van der Waals surface area contributed by atoms with Crippen molar-refractivity contribution in [3.63, 3.8) is 0 Å². The number of non-ortho nitro benzene ring substituents is 1. The summed E-state index contributed by atoms with van der Waals surface area (Å²) < 4.78 is 26.2. The van der Waals surface area contributed by atoms with E-state index in [4.69, 9.17) is 0 Å². The van der Waals surface area contributed by atoms with Crippen molar-refractivity contribution in [3.8, 4) is 0 Å². The average molecular weight is 311 g/mol. The number of nitrogens with zero attached hydrogens (tertiary/aromatic N) is 2. The van der Waals surface area contributed by atoms with Gasteiger partial charge in [-0.3, -0.25) is 14.9 Å². The van der Waals surface area contributed by atoms with Gasteiger partial charge in [0.15, 0.2) is 0 Å². The highest BCUT2D eigenvalue weighted by molar-refractivity contribution is 7.89. The molecular formula is C12H13N3O5S. The third kappa shape index (κ3) is 2.28. The first-order valence-electron chi connectivity index (χ1n) is 6.42. The van der Waals surface area contributed by atoms with Crippen LogP contribution in [0.1, 0.15) is 0 Å². The number of hydrogen-bond donors (Lipinski definition) is 1. The van der Waals surface area contributed by atoms with E-state index in [-0.39, 0.29) is 34.9 Å². The van der Waals surface area contributed by atoms with Crippen LogP contribution in [-0.4, -0.2) is 43.2 Å². The summed E-state index contributed by atoms with van der Waals surface area (Å²) in [6.07, 6.45) is 0. The number of carbonyl (C=O) groups excluding carboxylic acids is 1. The maximum absolute atomic E-state index is 12.5. The van der Waals surface area contributed by atoms with Gasteiger partial charge in [-0.05, 0) is 12.1 Å². The number of sulfonamides is 1. The highest BCUT2D eigenvalue weighted by atomic mass is 32.2. The summed E-state index contributed by atoms with van der Waals surface area (Å²) >= 11 is 0. The van der Waals surface area contributed by atoms with Crippen LogP contribution in [0.25, 0.3) is 0 Å². The second-order valence-electron chi connectivity index (χ2n) is 5.18. The fourth-order valence-corrected chi connectivity index (χ4v) is 4.31. The van der Waals surface area contributed by atoms with Crippen molar-refractivity contribution in [2.75, 3.05) is 19.6 Å². The first-order chi connectivity index (χ1) is 9.89. The quantitative estimate of drug-likeness (QED) is 0.622. The molecule has 0 saturated carbocycles. The minimum absolute atomic E-state index is 0.00493. The van der Waals surface area contributed by atoms with Crippen molar-refractivity contribution in [2.45, 2.75) is 4.90 Å². The summed E-state index contributed by atoms with van der Waals surface area (Å²) in [7, 11) is -3.72. The van der Waals surface area contributed by atoms with Crippen molar-refractivity contribution >= 4 is 21.6 Å². The Morgan fingerprint density at radius 2 is 1.90 bits per heavy atom. The summed E-state index contributed by atoms with van der Waals surface area (Å²) in [6, 6.07) is 4.77. The van der Waals surface area contributed by atoms with Crippen LogP contribution in [0.2, 0.25) is 0 Å². The van der Waals surface area contributed by atoms with E-state index in [9.17, 15) is 23.3 Å². The van der Waals surface area contributed by atoms with E-state index in [2.05, 4.69) is 5.32 Å². The van der Waals surface area contributed by atoms with Gasteiger partial charge < -0.3 is 5.32 Å². The largest absolute Gasteiger partial charge is 0.355 e. The first-order valence-corrected chi connectivity index (χ1v) is 7.86. The number of carbonyl (C=O) groups is 1. The van der Waals surface area contributed by atoms with Gasteiger partial charge in [0.2, 0.25) is 15.9 Å². The zero-order chi connectivity index (χ0) is 15.2. The van der Waals surface area contributed by atoms with Crippen molar-refractivity contribution < 1.29 is 18.1 Å². The highest BCUT2D eigenvalue weighted by Gasteiger charge is 2.46. The highest BCUT2D eigenvalue weighted by Crippen LogP contribution is 2.31. The lowest BCUT2D eigenvalue weighted by Gasteiger charge is -2.17. The van der Waals surface area contributed by atoms with Gasteiger partial charge in [0.25, 0.3) is 5.69 Å². The van der Waals surface area contributed by atoms with Gasteiger partial charge in [-0.15, -0.1) is 0 Å². The van der Waals surface area contributed by atoms with Gasteiger partial charge in [-0.25, -0.2) is 8.42 Å². The fraction of sp³-hybridized carbons (Fsp3) is 0.417. The van der Waals surface area contributed by atoms with E-state index < -0.39 is 14.9 Å². The van der Waals surface area contributed by atoms with E-state index in [1.165, 1.54) is 16.4 Å². The number of nitro benzene ring substituents is 1. The van der Waals surface area contributed by atoms with Crippen LogP contribution in [0.5, 0.6) is 0 Å². The molecule has 112 valence electrons. The zero-order valence-corrected chi connectivity index (χ0v) is 11.7. The Hall–Kier alpha value is -2.00. The molecule has 0 radical (unpaired) electrons. The van der Waals surface area contributed by atoms with Crippen LogP contribution in [0.4, 0.5) is 5.69 Å². The Labute approximate surface area is 120 Å². The molecular weight excluding hydrogens is 298 g/mol. The van der Waals surface area contributed by atoms with Gasteiger partial charge in [0.1, 0.15) is 0 Å². The number of amides is 1. The van der Waals surface area contributed by atoms with Crippen molar-refractivity contribution in [1.82, 2.24) is 9.62 Å². The molecule has 1 N–H and O–H groups in total. The summed E-state index contributed by atoms with van der Waals surface area (Å²) in [5.41, 5.74) is -0.161. The van der Waals surface area contributed by atoms with E-state index in [0.717, 1.165) is 12.1 Å². The molecule has 0 aliphatic carbocycles. The van der Waals surface area contributed by atoms with Gasteiger partial charge in [0, 0.05) is 37.7 Å². The molecule has 3 rings (SSSR count). The maximum atomic E-state index is 12.5. The van der Waals surface area contributed by atoms with E-state index in [0.29, 0.717) is 13.1 Å². The Bertz CT molecular complexity index is 700. The van der Waals surface area contributed by atoms with E-state index in [1.54, 1.807) is 0 Å². The van der Waals surface area contributed by atoms with Gasteiger partial charge in [-0.2, -0.15) is 4.31 Å². The molecule has 8 nitrogen and oxygen atoms in total. The predicted octanol–water partition coefficient (Wildman–Crippen LogP) is -0.0387. The number of fused-ring (bicyclic) bond motifs is 1. The smallest absolute Gasteiger partial charge is 0.269 e. The normalized spacial score (nSPS) is 25.6. The number of hydrogen-bond acceptors (Lipinski definition) is 5. The first kappa shape index (κ1) is 14.0. The Morgan fingerprint density at radius 3 is 2.48 bits per heavy atom. The molecule has 1 amide bonds. The molecule has 9 heteroatoms. The molecule has 2 aliphatic rings. The van der Waals surface area contributed by atoms with Crippen LogP contribution in [0.3, 0.4) is 0 Å². The third-order valence-electron chi connectivity index (χ3n) is 3.97. The van der Waals surface area contributed by atoms with Crippen LogP contribution < -0.4 is 5.32 Å². The van der Waals surface area contributed by atoms with Crippen LogP contribution in [-0.2, 0) is 14.8 Å². The molecule has 2 heterocycles. The molecule has 0 bridgehead atoms. The molecule has 2 aliphatic heterocycles. The zero-order valence-electron chi connectivity index (χ0n) is 10.9. The van der Waals surface area contributed by atoms with Crippen molar-refractivity contribution in [1.29, 1.82) is 0 Å². The van der Waals surface area contributed by atoms with Crippen molar-refractivity contribution in [2.24, 2.45) is 11.8 Å². The maximum Gasteiger partial charge on any atom is 0.269 e. The number of benzene rings is 1. The summed E-state index contributed by atoms with van der Waals surface area (Å²) in [6.45, 7) is 0.953. The molecule has 2 fully saturated rings. The Morgan fingerprint density at radius 1 is 1.24 bits per heavy atom. The number of nitro groups is 1. The SMILES string of the molecule is O=C1NCC2CN(S(=O)(=O)c3ccc([N+](=O)[O-])cc3)CC12. The summed E-state index contributed by atoms with van der Waals surface area (Å²) in [4.78, 5) is 21.6. The van der Waals surface area contributed by atoms with E-state index >= 15 is 0 Å². The molecule has 0 aromatic heterocycles. The van der Waals surface area contributed by atoms with Gasteiger partial charge in [0.05, 0.1) is 15.7 Å². The van der Waals surface area contributed by atoms with Gasteiger partial charge >= 0.3 is 0 Å². The lowest BCUT2D eigenvalue weighted by atomic mass is 10.0. The summed E-state index contributed by atoms with van der Waals surface area (Å²) in [5.74, 6) is -0.399. The number of rotatable bonds is 3. The average Bonchev–Trinajstić information content (AvgIpc) is 3.02. The number of nitrogens with one attached hydrogen (secondary N) is 1. The van der Waals surface area contributed by atoms with Crippen LogP contribution in [0, 0.1) is 22.0 Å². The molecule has 1 aromatic carbocycles. The molecule has 21 heavy (non-hydrogen) atoms. The molecule has 2 unspecified atom stereocenters. The minimum Gasteiger partial charge on any atom is -0.355 e. The third-order valence-corrected chi connectivity index (χ3v) is 5.81. The molecule has 2 saturated heterocycles. The lowest BCUT2D eigenvalue weighted by molar-refractivity contribution is -0.384. The monoisotopic (exact) mass is 311 g/mol. The standard InChI is InChI=1S/C12H13N3O5S/c16-12-11-7-14(6-8(11)5-13-12)21(19,20)10-3-1-9(2-4-10)15(17)18/h1-4,8,11H,5-7H2,(H,13,16). The van der Waals surface area contributed by atoms with Crippen molar-refractivity contribution in [3.05, 3.63) is 34.4 Å². The molecule has 1 aromatic rings. The van der Waals surface area contributed by atoms with E-state index in [1.807, 2.05) is 0 Å². The topological polar surface area (TPSA) is 110 Å². The molecule has 0 spiro atoms. The second kappa shape index (κ2) is 4.78. The Balaban J connectivity index is 1.84. The summed E-state index contributed by atoms with van der Waals surface area (Å²) in [5, 5.41) is 13.3. The predicted molar refractivity (Wildman–Crippen MR) is 71.8 cm³/mol. The van der Waals surface area contributed by atoms with Crippen LogP contribution in [0.15, 0.2) is 29.2 Å². The Kier molecular flexibility index (Phi) is 3.18. The minimum atomic E-state index is -3.72. The molecule has 2 atom stereocenters. The lowest BCUT2D eigenvalue weighted by Crippen LogP contribution is -2.33.